The van der Waals surface area contributed by atoms with Crippen LogP contribution in [0.5, 0.6) is 0 Å². The molecule has 0 radical (unpaired) electrons. The maximum absolute atomic E-state index is 14.3. The van der Waals surface area contributed by atoms with Gasteiger partial charge in [-0.05, 0) is 140 Å². The van der Waals surface area contributed by atoms with Gasteiger partial charge in [0, 0.05) is 30.0 Å². The number of nitrogens with one attached hydrogen (secondary N) is 4. The molecule has 2 heterocycles. The van der Waals surface area contributed by atoms with E-state index in [9.17, 15) is 22.8 Å². The van der Waals surface area contributed by atoms with Crippen molar-refractivity contribution in [2.45, 2.75) is 70.5 Å². The highest BCUT2D eigenvalue weighted by atomic mass is 19.4. The third-order valence-electron chi connectivity index (χ3n) is 12.7. The Hall–Kier alpha value is -7.69. The summed E-state index contributed by atoms with van der Waals surface area (Å²) >= 11 is 0. The Morgan fingerprint density at radius 1 is 0.625 bits per heavy atom. The first-order valence-corrected chi connectivity index (χ1v) is 24.1. The Morgan fingerprint density at radius 3 is 1.79 bits per heavy atom. The monoisotopic (exact) mass is 970 g/mol. The number of anilines is 2. The number of hydrogen-bond donors (Lipinski definition) is 6. The molecular formula is C57H57F3N10O2. The van der Waals surface area contributed by atoms with E-state index in [2.05, 4.69) is 31.5 Å². The fraction of sp³-hybridized carbons (Fsp3) is 0.228. The number of halogens is 3. The fourth-order valence-electron chi connectivity index (χ4n) is 8.87. The number of carbonyl (C=O) groups is 2. The topological polar surface area (TPSA) is 170 Å². The molecule has 3 atom stereocenters. The van der Waals surface area contributed by atoms with Crippen LogP contribution < -0.4 is 32.7 Å². The van der Waals surface area contributed by atoms with Gasteiger partial charge in [0.05, 0.1) is 35.2 Å². The average Bonchev–Trinajstić information content (AvgIpc) is 3.94. The van der Waals surface area contributed by atoms with E-state index in [1.165, 1.54) is 0 Å². The van der Waals surface area contributed by atoms with Gasteiger partial charge in [0.2, 0.25) is 0 Å². The molecule has 2 aromatic heterocycles. The summed E-state index contributed by atoms with van der Waals surface area (Å²) in [5, 5.41) is 21.7. The van der Waals surface area contributed by atoms with E-state index in [-0.39, 0.29) is 35.4 Å². The predicted octanol–water partition coefficient (Wildman–Crippen LogP) is 10.6. The molecular weight excluding hydrogens is 914 g/mol. The molecule has 12 nitrogen and oxygen atoms in total. The SMILES string of the molecule is Cc1cc(C(=O)Nc2cccc(C(NCC3CC3)c3ccc(C(N)c4cccc(-n5nc(C(F)(F)F)cc5C(=O)Nc5cccc(C(NC(C)C)c6ccccc6)c5)c4)cc3)c2)n(-c2cccc(CN)c2)n1. The van der Waals surface area contributed by atoms with Crippen LogP contribution in [-0.2, 0) is 12.7 Å². The molecule has 72 heavy (non-hydrogen) atoms. The van der Waals surface area contributed by atoms with Gasteiger partial charge in [-0.25, -0.2) is 9.36 Å². The number of carbonyl (C=O) groups excluding carboxylic acids is 2. The summed E-state index contributed by atoms with van der Waals surface area (Å²) in [6, 6.07) is 48.7. The highest BCUT2D eigenvalue weighted by molar-refractivity contribution is 6.04. The van der Waals surface area contributed by atoms with Gasteiger partial charge in [0.1, 0.15) is 11.4 Å². The molecule has 0 spiro atoms. The van der Waals surface area contributed by atoms with Crippen molar-refractivity contribution in [3.05, 3.63) is 226 Å². The summed E-state index contributed by atoms with van der Waals surface area (Å²) in [5.74, 6) is -0.489. The molecule has 2 amide bonds. The molecule has 368 valence electrons. The van der Waals surface area contributed by atoms with E-state index >= 15 is 0 Å². The van der Waals surface area contributed by atoms with E-state index in [0.717, 1.165) is 69.2 Å². The standard InChI is InChI=1S/C57H57F3N10O2/c1-35(2)64-54(40-12-5-4-6-13-40)44-16-9-18-46(30-44)66-56(72)50-32-51(57(58,59)60)68-70(50)48-20-10-14-42(31-48)52(62)39-23-25-41(26-24-39)53(63-34-37-21-22-37)43-15-8-17-45(29-43)65-55(71)49-27-36(3)67-69(49)47-19-7-11-38(28-47)33-61/h4-20,23-32,35,37,52-54,63-64H,21-22,33-34,61-62H2,1-3H3,(H,65,71)(H,66,72). The summed E-state index contributed by atoms with van der Waals surface area (Å²) in [5.41, 5.74) is 20.5. The molecule has 1 aliphatic carbocycles. The molecule has 1 aliphatic rings. The second kappa shape index (κ2) is 21.3. The minimum absolute atomic E-state index is 0.136. The van der Waals surface area contributed by atoms with Gasteiger partial charge in [0.25, 0.3) is 11.8 Å². The zero-order valence-electron chi connectivity index (χ0n) is 40.2. The Labute approximate surface area is 416 Å². The summed E-state index contributed by atoms with van der Waals surface area (Å²) < 4.78 is 45.5. The van der Waals surface area contributed by atoms with Crippen LogP contribution in [0, 0.1) is 12.8 Å². The number of nitrogens with zero attached hydrogens (tertiary/aromatic N) is 4. The lowest BCUT2D eigenvalue weighted by Crippen LogP contribution is -2.29. The lowest BCUT2D eigenvalue weighted by atomic mass is 9.94. The zero-order chi connectivity index (χ0) is 50.5. The molecule has 1 saturated carbocycles. The third kappa shape index (κ3) is 11.6. The highest BCUT2D eigenvalue weighted by Gasteiger charge is 2.36. The van der Waals surface area contributed by atoms with Gasteiger partial charge in [-0.2, -0.15) is 23.4 Å². The second-order valence-electron chi connectivity index (χ2n) is 18.6. The van der Waals surface area contributed by atoms with E-state index in [0.29, 0.717) is 40.8 Å². The molecule has 15 heteroatoms. The van der Waals surface area contributed by atoms with Crippen LogP contribution in [0.1, 0.15) is 116 Å². The molecule has 0 bridgehead atoms. The van der Waals surface area contributed by atoms with Crippen LogP contribution in [0.2, 0.25) is 0 Å². The van der Waals surface area contributed by atoms with Crippen LogP contribution in [-0.4, -0.2) is 44.0 Å². The van der Waals surface area contributed by atoms with Crippen molar-refractivity contribution in [2.75, 3.05) is 17.2 Å². The van der Waals surface area contributed by atoms with Gasteiger partial charge in [-0.15, -0.1) is 0 Å². The largest absolute Gasteiger partial charge is 0.435 e. The zero-order valence-corrected chi connectivity index (χ0v) is 40.2. The normalized spacial score (nSPS) is 14.0. The van der Waals surface area contributed by atoms with Gasteiger partial charge in [0.15, 0.2) is 5.69 Å². The van der Waals surface area contributed by atoms with Crippen molar-refractivity contribution in [3.63, 3.8) is 0 Å². The smallest absolute Gasteiger partial charge is 0.326 e. The van der Waals surface area contributed by atoms with Crippen molar-refractivity contribution in [2.24, 2.45) is 17.4 Å². The first kappa shape index (κ1) is 49.3. The molecule has 8 N–H and O–H groups in total. The Balaban J connectivity index is 0.943. The first-order chi connectivity index (χ1) is 34.7. The van der Waals surface area contributed by atoms with Gasteiger partial charge in [-0.3, -0.25) is 9.59 Å². The number of nitrogens with two attached hydrogens (primary N) is 2. The minimum Gasteiger partial charge on any atom is -0.326 e. The summed E-state index contributed by atoms with van der Waals surface area (Å²) in [4.78, 5) is 27.8. The minimum atomic E-state index is -4.82. The summed E-state index contributed by atoms with van der Waals surface area (Å²) in [6.07, 6.45) is -2.50. The van der Waals surface area contributed by atoms with Crippen molar-refractivity contribution in [3.8, 4) is 11.4 Å². The van der Waals surface area contributed by atoms with Gasteiger partial charge >= 0.3 is 6.18 Å². The number of rotatable bonds is 18. The Bertz CT molecular complexity index is 3180. The van der Waals surface area contributed by atoms with Crippen LogP contribution >= 0.6 is 0 Å². The lowest BCUT2D eigenvalue weighted by Gasteiger charge is -2.23. The number of benzene rings is 6. The second-order valence-corrected chi connectivity index (χ2v) is 18.6. The first-order valence-electron chi connectivity index (χ1n) is 24.1. The van der Waals surface area contributed by atoms with E-state index < -0.39 is 23.8 Å². The lowest BCUT2D eigenvalue weighted by molar-refractivity contribution is -0.141. The quantitative estimate of drug-likeness (QED) is 0.0494. The van der Waals surface area contributed by atoms with Crippen molar-refractivity contribution < 1.29 is 22.8 Å². The van der Waals surface area contributed by atoms with Crippen LogP contribution in [0.15, 0.2) is 164 Å². The number of hydrogen-bond acceptors (Lipinski definition) is 8. The molecule has 0 saturated heterocycles. The number of aryl methyl sites for hydroxylation is 1. The number of amides is 2. The highest BCUT2D eigenvalue weighted by Crippen LogP contribution is 2.34. The van der Waals surface area contributed by atoms with Gasteiger partial charge < -0.3 is 32.7 Å². The molecule has 6 aromatic carbocycles. The van der Waals surface area contributed by atoms with E-state index in [1.54, 1.807) is 47.1 Å². The number of alkyl halides is 3. The average molecular weight is 971 g/mol. The van der Waals surface area contributed by atoms with Crippen molar-refractivity contribution in [1.29, 1.82) is 0 Å². The maximum Gasteiger partial charge on any atom is 0.435 e. The number of aromatic nitrogens is 4. The maximum atomic E-state index is 14.3. The Kier molecular flexibility index (Phi) is 14.6. The van der Waals surface area contributed by atoms with E-state index in [1.807, 2.05) is 136 Å². The van der Waals surface area contributed by atoms with Crippen LogP contribution in [0.4, 0.5) is 24.5 Å². The molecule has 8 aromatic rings. The summed E-state index contributed by atoms with van der Waals surface area (Å²) in [6.45, 7) is 7.11. The summed E-state index contributed by atoms with van der Waals surface area (Å²) in [7, 11) is 0. The third-order valence-corrected chi connectivity index (χ3v) is 12.7. The Morgan fingerprint density at radius 2 is 1.17 bits per heavy atom. The molecule has 1 fully saturated rings. The van der Waals surface area contributed by atoms with Gasteiger partial charge in [-0.1, -0.05) is 103 Å². The van der Waals surface area contributed by atoms with Crippen LogP contribution in [0.3, 0.4) is 0 Å². The molecule has 9 rings (SSSR count). The molecule has 3 unspecified atom stereocenters. The van der Waals surface area contributed by atoms with E-state index in [4.69, 9.17) is 11.5 Å². The molecule has 0 aliphatic heterocycles. The van der Waals surface area contributed by atoms with Crippen LogP contribution in [0.25, 0.3) is 11.4 Å². The van der Waals surface area contributed by atoms with Crippen molar-refractivity contribution >= 4 is 23.2 Å². The predicted molar refractivity (Wildman–Crippen MR) is 275 cm³/mol. The fourth-order valence-corrected chi connectivity index (χ4v) is 8.87. The van der Waals surface area contributed by atoms with Crippen molar-refractivity contribution in [1.82, 2.24) is 30.2 Å².